The summed E-state index contributed by atoms with van der Waals surface area (Å²) in [4.78, 5) is 12.7. The SMILES string of the molecule is COCCOCc1cc(C)c(/C=N\Nc2ncnc3sc(Cc4ccccc4F)cc23)s1. The first-order chi connectivity index (χ1) is 15.6. The molecule has 32 heavy (non-hydrogen) atoms. The number of hydrogen-bond acceptors (Lipinski definition) is 8. The number of aryl methyl sites for hydroxylation is 1. The van der Waals surface area contributed by atoms with Gasteiger partial charge in [0.2, 0.25) is 0 Å². The Kier molecular flexibility index (Phi) is 7.54. The van der Waals surface area contributed by atoms with Crippen molar-refractivity contribution in [3.05, 3.63) is 74.3 Å². The zero-order valence-electron chi connectivity index (χ0n) is 17.8. The van der Waals surface area contributed by atoms with Gasteiger partial charge in [0.05, 0.1) is 36.3 Å². The topological polar surface area (TPSA) is 68.6 Å². The number of aromatic nitrogens is 2. The van der Waals surface area contributed by atoms with E-state index in [4.69, 9.17) is 9.47 Å². The van der Waals surface area contributed by atoms with Gasteiger partial charge in [-0.2, -0.15) is 5.10 Å². The lowest BCUT2D eigenvalue weighted by Gasteiger charge is -2.00. The van der Waals surface area contributed by atoms with Gasteiger partial charge in [0.15, 0.2) is 5.82 Å². The molecule has 6 nitrogen and oxygen atoms in total. The maximum atomic E-state index is 14.0. The Morgan fingerprint density at radius 3 is 2.84 bits per heavy atom. The van der Waals surface area contributed by atoms with Gasteiger partial charge in [0.25, 0.3) is 0 Å². The van der Waals surface area contributed by atoms with Crippen LogP contribution in [0.15, 0.2) is 47.8 Å². The number of anilines is 1. The average molecular weight is 471 g/mol. The average Bonchev–Trinajstić information content (AvgIpc) is 3.36. The molecule has 0 amide bonds. The molecule has 166 valence electrons. The summed E-state index contributed by atoms with van der Waals surface area (Å²) in [5.74, 6) is 0.424. The van der Waals surface area contributed by atoms with E-state index in [9.17, 15) is 4.39 Å². The lowest BCUT2D eigenvalue weighted by Crippen LogP contribution is -2.00. The Balaban J connectivity index is 1.44. The number of ether oxygens (including phenoxy) is 2. The van der Waals surface area contributed by atoms with Crippen LogP contribution in [0.3, 0.4) is 0 Å². The first-order valence-electron chi connectivity index (χ1n) is 10.1. The zero-order chi connectivity index (χ0) is 22.3. The Labute approximate surface area is 193 Å². The lowest BCUT2D eigenvalue weighted by atomic mass is 10.1. The second-order valence-electron chi connectivity index (χ2n) is 7.10. The van der Waals surface area contributed by atoms with Crippen LogP contribution in [0.4, 0.5) is 10.2 Å². The van der Waals surface area contributed by atoms with Crippen LogP contribution < -0.4 is 5.43 Å². The van der Waals surface area contributed by atoms with Gasteiger partial charge in [-0.25, -0.2) is 14.4 Å². The molecule has 3 aromatic heterocycles. The number of thiophene rings is 2. The predicted molar refractivity (Wildman–Crippen MR) is 128 cm³/mol. The third kappa shape index (κ3) is 5.55. The van der Waals surface area contributed by atoms with Crippen LogP contribution in [0.5, 0.6) is 0 Å². The second kappa shape index (κ2) is 10.7. The van der Waals surface area contributed by atoms with Gasteiger partial charge in [-0.05, 0) is 36.2 Å². The molecule has 0 aliphatic heterocycles. The maximum absolute atomic E-state index is 14.0. The van der Waals surface area contributed by atoms with E-state index in [1.165, 1.54) is 23.7 Å². The summed E-state index contributed by atoms with van der Waals surface area (Å²) >= 11 is 3.17. The minimum Gasteiger partial charge on any atom is -0.382 e. The van der Waals surface area contributed by atoms with Crippen LogP contribution in [-0.2, 0) is 22.5 Å². The normalized spacial score (nSPS) is 11.6. The summed E-state index contributed by atoms with van der Waals surface area (Å²) in [6.07, 6.45) is 3.81. The first kappa shape index (κ1) is 22.5. The molecular weight excluding hydrogens is 447 g/mol. The summed E-state index contributed by atoms with van der Waals surface area (Å²) in [5.41, 5.74) is 4.83. The van der Waals surface area contributed by atoms with Crippen molar-refractivity contribution in [1.82, 2.24) is 9.97 Å². The van der Waals surface area contributed by atoms with E-state index in [0.717, 1.165) is 30.4 Å². The van der Waals surface area contributed by atoms with Crippen LogP contribution in [0, 0.1) is 12.7 Å². The second-order valence-corrected chi connectivity index (χ2v) is 9.38. The Bertz CT molecular complexity index is 1220. The highest BCUT2D eigenvalue weighted by Crippen LogP contribution is 2.30. The fourth-order valence-corrected chi connectivity index (χ4v) is 5.15. The predicted octanol–water partition coefficient (Wildman–Crippen LogP) is 5.40. The van der Waals surface area contributed by atoms with Gasteiger partial charge < -0.3 is 9.47 Å². The van der Waals surface area contributed by atoms with Crippen molar-refractivity contribution in [2.45, 2.75) is 20.0 Å². The highest BCUT2D eigenvalue weighted by Gasteiger charge is 2.11. The van der Waals surface area contributed by atoms with E-state index in [1.807, 2.05) is 19.1 Å². The number of methoxy groups -OCH3 is 1. The summed E-state index contributed by atoms with van der Waals surface area (Å²) < 4.78 is 24.6. The largest absolute Gasteiger partial charge is 0.382 e. The Hall–Kier alpha value is -2.72. The highest BCUT2D eigenvalue weighted by atomic mass is 32.1. The molecule has 0 spiro atoms. The van der Waals surface area contributed by atoms with Gasteiger partial charge in [0, 0.05) is 23.3 Å². The standard InChI is InChI=1S/C23H23FN4O2S2/c1-15-9-18(13-30-8-7-29-2)31-21(15)12-27-28-22-19-11-17(32-23(19)26-14-25-22)10-16-5-3-4-6-20(16)24/h3-6,9,11-12,14H,7-8,10,13H2,1-2H3,(H,25,26,28)/b27-12-. The molecule has 0 aliphatic carbocycles. The molecule has 0 unspecified atom stereocenters. The number of hydrogen-bond donors (Lipinski definition) is 1. The molecule has 3 heterocycles. The van der Waals surface area contributed by atoms with E-state index >= 15 is 0 Å². The molecule has 1 N–H and O–H groups in total. The minimum atomic E-state index is -0.200. The van der Waals surface area contributed by atoms with E-state index in [1.54, 1.807) is 36.8 Å². The first-order valence-corrected chi connectivity index (χ1v) is 11.7. The molecule has 4 aromatic rings. The van der Waals surface area contributed by atoms with Gasteiger partial charge in [-0.15, -0.1) is 22.7 Å². The number of halogens is 1. The molecule has 4 rings (SSSR count). The van der Waals surface area contributed by atoms with Gasteiger partial charge in [-0.1, -0.05) is 18.2 Å². The fourth-order valence-electron chi connectivity index (χ4n) is 3.14. The van der Waals surface area contributed by atoms with Crippen LogP contribution in [0.2, 0.25) is 0 Å². The highest BCUT2D eigenvalue weighted by molar-refractivity contribution is 7.18. The van der Waals surface area contributed by atoms with Crippen molar-refractivity contribution in [3.8, 4) is 0 Å². The molecule has 0 radical (unpaired) electrons. The zero-order valence-corrected chi connectivity index (χ0v) is 19.4. The van der Waals surface area contributed by atoms with Crippen LogP contribution >= 0.6 is 22.7 Å². The third-order valence-electron chi connectivity index (χ3n) is 4.74. The molecule has 0 aliphatic rings. The summed E-state index contributed by atoms with van der Waals surface area (Å²) in [7, 11) is 1.66. The molecule has 0 bridgehead atoms. The molecule has 9 heteroatoms. The van der Waals surface area contributed by atoms with Gasteiger partial charge in [-0.3, -0.25) is 5.43 Å². The Morgan fingerprint density at radius 1 is 1.12 bits per heavy atom. The Morgan fingerprint density at radius 2 is 2.00 bits per heavy atom. The smallest absolute Gasteiger partial charge is 0.158 e. The molecule has 0 atom stereocenters. The monoisotopic (exact) mass is 470 g/mol. The quantitative estimate of drug-likeness (QED) is 0.191. The van der Waals surface area contributed by atoms with Crippen LogP contribution in [-0.4, -0.2) is 36.5 Å². The van der Waals surface area contributed by atoms with Crippen LogP contribution in [0.25, 0.3) is 10.2 Å². The number of rotatable bonds is 10. The van der Waals surface area contributed by atoms with E-state index in [2.05, 4.69) is 26.6 Å². The van der Waals surface area contributed by atoms with Gasteiger partial charge in [0.1, 0.15) is 17.0 Å². The third-order valence-corrected chi connectivity index (χ3v) is 6.93. The van der Waals surface area contributed by atoms with Crippen molar-refractivity contribution in [2.24, 2.45) is 5.10 Å². The summed E-state index contributed by atoms with van der Waals surface area (Å²) in [6.45, 7) is 3.76. The summed E-state index contributed by atoms with van der Waals surface area (Å²) in [6, 6.07) is 10.9. The van der Waals surface area contributed by atoms with Crippen molar-refractivity contribution < 1.29 is 13.9 Å². The summed E-state index contributed by atoms with van der Waals surface area (Å²) in [5, 5.41) is 5.25. The number of fused-ring (bicyclic) bond motifs is 1. The molecular formula is C23H23FN4O2S2. The van der Waals surface area contributed by atoms with Crippen molar-refractivity contribution in [2.75, 3.05) is 25.7 Å². The van der Waals surface area contributed by atoms with Gasteiger partial charge >= 0.3 is 0 Å². The maximum Gasteiger partial charge on any atom is 0.158 e. The molecule has 0 saturated heterocycles. The molecule has 0 fully saturated rings. The van der Waals surface area contributed by atoms with Crippen molar-refractivity contribution in [1.29, 1.82) is 0 Å². The number of nitrogens with one attached hydrogen (secondary N) is 1. The van der Waals surface area contributed by atoms with E-state index < -0.39 is 0 Å². The van der Waals surface area contributed by atoms with Crippen LogP contribution in [0.1, 0.15) is 25.8 Å². The fraction of sp³-hybridized carbons (Fsp3) is 0.261. The van der Waals surface area contributed by atoms with Crippen molar-refractivity contribution in [3.63, 3.8) is 0 Å². The number of nitrogens with zero attached hydrogens (tertiary/aromatic N) is 3. The lowest BCUT2D eigenvalue weighted by molar-refractivity contribution is 0.0628. The number of hydrazone groups is 1. The van der Waals surface area contributed by atoms with E-state index in [-0.39, 0.29) is 5.82 Å². The molecule has 0 saturated carbocycles. The van der Waals surface area contributed by atoms with E-state index in [0.29, 0.717) is 37.6 Å². The minimum absolute atomic E-state index is 0.200. The number of benzene rings is 1. The van der Waals surface area contributed by atoms with Crippen molar-refractivity contribution >= 4 is 44.9 Å². The molecule has 1 aromatic carbocycles.